The Hall–Kier alpha value is -2.69. The standard InChI is InChI=1S/C15H13N3O2/c1-10-12(9-19)15(18(2)17-10)20-13-7-3-5-11-6-4-8-16-14(11)13/h3-9H,1-2H3. The Balaban J connectivity index is 2.12. The van der Waals surface area contributed by atoms with Crippen molar-refractivity contribution in [3.05, 3.63) is 47.8 Å². The third-order valence-corrected chi connectivity index (χ3v) is 3.13. The highest BCUT2D eigenvalue weighted by molar-refractivity contribution is 5.85. The molecule has 5 heteroatoms. The first-order valence-electron chi connectivity index (χ1n) is 6.21. The number of aldehydes is 1. The zero-order chi connectivity index (χ0) is 14.1. The molecule has 20 heavy (non-hydrogen) atoms. The van der Waals surface area contributed by atoms with E-state index in [0.717, 1.165) is 17.2 Å². The fraction of sp³-hybridized carbons (Fsp3) is 0.133. The Morgan fingerprint density at radius 3 is 2.85 bits per heavy atom. The molecule has 2 heterocycles. The summed E-state index contributed by atoms with van der Waals surface area (Å²) >= 11 is 0. The first-order valence-corrected chi connectivity index (χ1v) is 6.21. The molecule has 0 unspecified atom stereocenters. The fourth-order valence-electron chi connectivity index (χ4n) is 2.17. The van der Waals surface area contributed by atoms with Gasteiger partial charge in [0.2, 0.25) is 5.88 Å². The maximum Gasteiger partial charge on any atom is 0.228 e. The van der Waals surface area contributed by atoms with Gasteiger partial charge in [-0.15, -0.1) is 0 Å². The van der Waals surface area contributed by atoms with Gasteiger partial charge in [0.25, 0.3) is 0 Å². The van der Waals surface area contributed by atoms with E-state index in [4.69, 9.17) is 4.74 Å². The van der Waals surface area contributed by atoms with Gasteiger partial charge in [-0.2, -0.15) is 5.10 Å². The van der Waals surface area contributed by atoms with Crippen LogP contribution in [0.4, 0.5) is 0 Å². The lowest BCUT2D eigenvalue weighted by atomic mass is 10.2. The normalized spacial score (nSPS) is 10.7. The average molecular weight is 267 g/mol. The quantitative estimate of drug-likeness (QED) is 0.685. The zero-order valence-corrected chi connectivity index (χ0v) is 11.2. The summed E-state index contributed by atoms with van der Waals surface area (Å²) in [7, 11) is 1.74. The highest BCUT2D eigenvalue weighted by Gasteiger charge is 2.16. The van der Waals surface area contributed by atoms with E-state index in [-0.39, 0.29) is 0 Å². The lowest BCUT2D eigenvalue weighted by Crippen LogP contribution is -1.97. The van der Waals surface area contributed by atoms with Crippen molar-refractivity contribution in [2.24, 2.45) is 7.05 Å². The number of carbonyl (C=O) groups is 1. The van der Waals surface area contributed by atoms with Crippen LogP contribution in [0.1, 0.15) is 16.1 Å². The second-order valence-electron chi connectivity index (χ2n) is 4.48. The van der Waals surface area contributed by atoms with E-state index in [9.17, 15) is 4.79 Å². The minimum atomic E-state index is 0.427. The number of ether oxygens (including phenoxy) is 1. The summed E-state index contributed by atoms with van der Waals surface area (Å²) in [6, 6.07) is 9.52. The van der Waals surface area contributed by atoms with E-state index < -0.39 is 0 Å². The second kappa shape index (κ2) is 4.77. The highest BCUT2D eigenvalue weighted by Crippen LogP contribution is 2.30. The smallest absolute Gasteiger partial charge is 0.228 e. The molecule has 0 N–H and O–H groups in total. The van der Waals surface area contributed by atoms with Gasteiger partial charge in [-0.1, -0.05) is 18.2 Å². The van der Waals surface area contributed by atoms with Gasteiger partial charge in [0.05, 0.1) is 11.3 Å². The first kappa shape index (κ1) is 12.3. The molecule has 1 aromatic carbocycles. The number of fused-ring (bicyclic) bond motifs is 1. The number of aryl methyl sites for hydroxylation is 2. The number of pyridine rings is 1. The van der Waals surface area contributed by atoms with Gasteiger partial charge in [-0.3, -0.25) is 9.78 Å². The Morgan fingerprint density at radius 2 is 2.05 bits per heavy atom. The monoisotopic (exact) mass is 267 g/mol. The maximum atomic E-state index is 11.2. The molecular weight excluding hydrogens is 254 g/mol. The summed E-state index contributed by atoms with van der Waals surface area (Å²) < 4.78 is 7.43. The molecule has 0 radical (unpaired) electrons. The highest BCUT2D eigenvalue weighted by atomic mass is 16.5. The van der Waals surface area contributed by atoms with Gasteiger partial charge < -0.3 is 4.74 Å². The number of para-hydroxylation sites is 1. The Labute approximate surface area is 115 Å². The minimum Gasteiger partial charge on any atom is -0.436 e. The summed E-state index contributed by atoms with van der Waals surface area (Å²) in [4.78, 5) is 15.5. The van der Waals surface area contributed by atoms with Crippen molar-refractivity contribution in [1.29, 1.82) is 0 Å². The van der Waals surface area contributed by atoms with Crippen molar-refractivity contribution in [2.75, 3.05) is 0 Å². The molecule has 0 spiro atoms. The van der Waals surface area contributed by atoms with Crippen molar-refractivity contribution in [2.45, 2.75) is 6.92 Å². The Morgan fingerprint density at radius 1 is 1.25 bits per heavy atom. The summed E-state index contributed by atoms with van der Waals surface area (Å²) in [6.45, 7) is 1.78. The number of rotatable bonds is 3. The van der Waals surface area contributed by atoms with E-state index in [1.54, 1.807) is 24.9 Å². The maximum absolute atomic E-state index is 11.2. The lowest BCUT2D eigenvalue weighted by Gasteiger charge is -2.08. The van der Waals surface area contributed by atoms with Crippen LogP contribution in [-0.4, -0.2) is 21.1 Å². The van der Waals surface area contributed by atoms with Crippen LogP contribution in [0, 0.1) is 6.92 Å². The van der Waals surface area contributed by atoms with Crippen LogP contribution in [-0.2, 0) is 7.05 Å². The van der Waals surface area contributed by atoms with Crippen molar-refractivity contribution in [1.82, 2.24) is 14.8 Å². The summed E-state index contributed by atoms with van der Waals surface area (Å²) in [6.07, 6.45) is 2.47. The molecule has 5 nitrogen and oxygen atoms in total. The third kappa shape index (κ3) is 1.93. The van der Waals surface area contributed by atoms with Crippen LogP contribution in [0.3, 0.4) is 0 Å². The van der Waals surface area contributed by atoms with Crippen LogP contribution < -0.4 is 4.74 Å². The molecule has 3 aromatic rings. The van der Waals surface area contributed by atoms with Gasteiger partial charge in [0.15, 0.2) is 12.0 Å². The molecule has 0 fully saturated rings. The SMILES string of the molecule is Cc1nn(C)c(Oc2cccc3cccnc23)c1C=O. The van der Waals surface area contributed by atoms with Crippen molar-refractivity contribution in [3.8, 4) is 11.6 Å². The van der Waals surface area contributed by atoms with Crippen LogP contribution in [0.25, 0.3) is 10.9 Å². The molecule has 0 saturated heterocycles. The second-order valence-corrected chi connectivity index (χ2v) is 4.48. The third-order valence-electron chi connectivity index (χ3n) is 3.13. The van der Waals surface area contributed by atoms with E-state index in [1.165, 1.54) is 0 Å². The number of nitrogens with zero attached hydrogens (tertiary/aromatic N) is 3. The molecule has 0 aliphatic rings. The Bertz CT molecular complexity index is 788. The largest absolute Gasteiger partial charge is 0.436 e. The number of hydrogen-bond donors (Lipinski definition) is 0. The molecule has 0 amide bonds. The van der Waals surface area contributed by atoms with E-state index in [1.807, 2.05) is 30.3 Å². The zero-order valence-electron chi connectivity index (χ0n) is 11.2. The molecule has 0 aliphatic carbocycles. The van der Waals surface area contributed by atoms with Gasteiger partial charge in [0, 0.05) is 18.6 Å². The lowest BCUT2D eigenvalue weighted by molar-refractivity contribution is 0.112. The first-order chi connectivity index (χ1) is 9.70. The van der Waals surface area contributed by atoms with E-state index in [2.05, 4.69) is 10.1 Å². The van der Waals surface area contributed by atoms with Crippen LogP contribution in [0.5, 0.6) is 11.6 Å². The number of hydrogen-bond acceptors (Lipinski definition) is 4. The Kier molecular flexibility index (Phi) is 2.95. The minimum absolute atomic E-state index is 0.427. The molecule has 0 bridgehead atoms. The van der Waals surface area contributed by atoms with Gasteiger partial charge >= 0.3 is 0 Å². The summed E-state index contributed by atoms with van der Waals surface area (Å²) in [5.41, 5.74) is 1.86. The number of carbonyl (C=O) groups excluding carboxylic acids is 1. The predicted molar refractivity (Wildman–Crippen MR) is 75.1 cm³/mol. The summed E-state index contributed by atoms with van der Waals surface area (Å²) in [5, 5.41) is 5.18. The fourth-order valence-corrected chi connectivity index (χ4v) is 2.17. The molecule has 0 atom stereocenters. The van der Waals surface area contributed by atoms with Crippen molar-refractivity contribution in [3.63, 3.8) is 0 Å². The summed E-state index contributed by atoms with van der Waals surface area (Å²) in [5.74, 6) is 1.03. The van der Waals surface area contributed by atoms with Crippen molar-refractivity contribution < 1.29 is 9.53 Å². The topological polar surface area (TPSA) is 57.0 Å². The molecule has 0 aliphatic heterocycles. The van der Waals surface area contributed by atoms with E-state index >= 15 is 0 Å². The van der Waals surface area contributed by atoms with Gasteiger partial charge in [0.1, 0.15) is 5.52 Å². The molecule has 0 saturated carbocycles. The predicted octanol–water partition coefficient (Wildman–Crippen LogP) is 2.88. The van der Waals surface area contributed by atoms with Crippen molar-refractivity contribution >= 4 is 17.2 Å². The molecular formula is C15H13N3O2. The van der Waals surface area contributed by atoms with Crippen LogP contribution >= 0.6 is 0 Å². The van der Waals surface area contributed by atoms with Crippen LogP contribution in [0.15, 0.2) is 36.5 Å². The van der Waals surface area contributed by atoms with Gasteiger partial charge in [-0.25, -0.2) is 4.68 Å². The van der Waals surface area contributed by atoms with Gasteiger partial charge in [-0.05, 0) is 19.1 Å². The van der Waals surface area contributed by atoms with E-state index in [0.29, 0.717) is 22.9 Å². The number of aromatic nitrogens is 3. The average Bonchev–Trinajstić information content (AvgIpc) is 2.73. The number of benzene rings is 1. The molecule has 100 valence electrons. The van der Waals surface area contributed by atoms with Crippen LogP contribution in [0.2, 0.25) is 0 Å². The molecule has 3 rings (SSSR count). The molecule has 2 aromatic heterocycles.